The van der Waals surface area contributed by atoms with Gasteiger partial charge in [0.1, 0.15) is 5.01 Å². The lowest BCUT2D eigenvalue weighted by Crippen LogP contribution is -2.48. The van der Waals surface area contributed by atoms with Crippen LogP contribution in [0.4, 0.5) is 4.79 Å². The minimum atomic E-state index is -0.0173. The third-order valence-electron chi connectivity index (χ3n) is 4.31. The Bertz CT molecular complexity index is 485. The fourth-order valence-electron chi connectivity index (χ4n) is 2.94. The zero-order chi connectivity index (χ0) is 14.7. The van der Waals surface area contributed by atoms with Crippen molar-refractivity contribution in [3.8, 4) is 0 Å². The van der Waals surface area contributed by atoms with Gasteiger partial charge in [0, 0.05) is 30.5 Å². The molecule has 1 saturated carbocycles. The Labute approximate surface area is 129 Å². The summed E-state index contributed by atoms with van der Waals surface area (Å²) in [6, 6.07) is 0.165. The highest BCUT2D eigenvalue weighted by Gasteiger charge is 2.27. The van der Waals surface area contributed by atoms with Crippen LogP contribution in [0.15, 0.2) is 5.38 Å². The first-order valence-corrected chi connectivity index (χ1v) is 8.75. The zero-order valence-electron chi connectivity index (χ0n) is 12.3. The maximum atomic E-state index is 12.3. The Morgan fingerprint density at radius 3 is 3.05 bits per heavy atom. The fourth-order valence-corrected chi connectivity index (χ4v) is 3.76. The van der Waals surface area contributed by atoms with Crippen molar-refractivity contribution in [2.75, 3.05) is 13.2 Å². The number of nitrogens with zero attached hydrogens (tertiary/aromatic N) is 2. The van der Waals surface area contributed by atoms with Crippen LogP contribution in [0.1, 0.15) is 55.1 Å². The van der Waals surface area contributed by atoms with Crippen LogP contribution in [0.5, 0.6) is 0 Å². The first-order valence-electron chi connectivity index (χ1n) is 7.87. The maximum absolute atomic E-state index is 12.3. The second kappa shape index (κ2) is 6.75. The average Bonchev–Trinajstić information content (AvgIpc) is 3.25. The lowest BCUT2D eigenvalue weighted by Gasteiger charge is -2.35. The molecule has 3 rings (SSSR count). The number of nitrogens with one attached hydrogen (secondary N) is 1. The van der Waals surface area contributed by atoms with Crippen molar-refractivity contribution in [2.24, 2.45) is 0 Å². The summed E-state index contributed by atoms with van der Waals surface area (Å²) in [5, 5.41) is 15.2. The molecule has 21 heavy (non-hydrogen) atoms. The molecule has 2 N–H and O–H groups in total. The molecule has 0 radical (unpaired) electrons. The number of carbonyl (C=O) groups is 1. The lowest BCUT2D eigenvalue weighted by atomic mass is 10.0. The summed E-state index contributed by atoms with van der Waals surface area (Å²) in [5.41, 5.74) is 1.19. The Balaban J connectivity index is 1.51. The number of amides is 2. The van der Waals surface area contributed by atoms with Crippen LogP contribution < -0.4 is 5.32 Å². The topological polar surface area (TPSA) is 65.5 Å². The zero-order valence-corrected chi connectivity index (χ0v) is 13.1. The van der Waals surface area contributed by atoms with Crippen LogP contribution in [0.2, 0.25) is 0 Å². The minimum absolute atomic E-state index is 0.0173. The van der Waals surface area contributed by atoms with Crippen molar-refractivity contribution in [1.29, 1.82) is 0 Å². The van der Waals surface area contributed by atoms with Gasteiger partial charge in [0.15, 0.2) is 0 Å². The Kier molecular flexibility index (Phi) is 4.75. The van der Waals surface area contributed by atoms with E-state index in [-0.39, 0.29) is 18.7 Å². The van der Waals surface area contributed by atoms with Crippen LogP contribution in [-0.4, -0.2) is 40.2 Å². The van der Waals surface area contributed by atoms with E-state index < -0.39 is 0 Å². The van der Waals surface area contributed by atoms with E-state index in [2.05, 4.69) is 15.7 Å². The molecule has 2 amide bonds. The van der Waals surface area contributed by atoms with Crippen LogP contribution in [0.25, 0.3) is 0 Å². The summed E-state index contributed by atoms with van der Waals surface area (Å²) >= 11 is 1.63. The molecule has 1 atom stereocenters. The summed E-state index contributed by atoms with van der Waals surface area (Å²) in [5.74, 6) is 0.668. The summed E-state index contributed by atoms with van der Waals surface area (Å²) < 4.78 is 0. The SMILES string of the molecule is O=C(NCc1nc(C2CC2)cs1)N1CCCCC1CCO. The van der Waals surface area contributed by atoms with E-state index in [1.54, 1.807) is 11.3 Å². The van der Waals surface area contributed by atoms with Gasteiger partial charge in [-0.3, -0.25) is 0 Å². The van der Waals surface area contributed by atoms with E-state index in [4.69, 9.17) is 5.11 Å². The second-order valence-electron chi connectivity index (χ2n) is 5.95. The molecule has 6 heteroatoms. The van der Waals surface area contributed by atoms with Crippen LogP contribution in [0, 0.1) is 0 Å². The molecular formula is C15H23N3O2S. The van der Waals surface area contributed by atoms with E-state index in [1.165, 1.54) is 18.5 Å². The van der Waals surface area contributed by atoms with Crippen molar-refractivity contribution >= 4 is 17.4 Å². The van der Waals surface area contributed by atoms with Crippen molar-refractivity contribution in [3.63, 3.8) is 0 Å². The second-order valence-corrected chi connectivity index (χ2v) is 6.90. The molecule has 5 nitrogen and oxygen atoms in total. The minimum Gasteiger partial charge on any atom is -0.396 e. The normalized spacial score (nSPS) is 22.3. The average molecular weight is 309 g/mol. The number of rotatable bonds is 5. The number of aromatic nitrogens is 1. The van der Waals surface area contributed by atoms with E-state index in [1.807, 2.05) is 4.90 Å². The van der Waals surface area contributed by atoms with Gasteiger partial charge in [-0.15, -0.1) is 11.3 Å². The molecule has 2 heterocycles. The van der Waals surface area contributed by atoms with Gasteiger partial charge in [0.05, 0.1) is 12.2 Å². The largest absolute Gasteiger partial charge is 0.396 e. The summed E-state index contributed by atoms with van der Waals surface area (Å²) in [7, 11) is 0. The number of hydrogen-bond donors (Lipinski definition) is 2. The predicted molar refractivity (Wildman–Crippen MR) is 82.4 cm³/mol. The molecule has 2 fully saturated rings. The highest BCUT2D eigenvalue weighted by Crippen LogP contribution is 2.40. The van der Waals surface area contributed by atoms with Gasteiger partial charge in [0.2, 0.25) is 0 Å². The van der Waals surface area contributed by atoms with E-state index in [9.17, 15) is 4.79 Å². The molecule has 2 aliphatic rings. The fraction of sp³-hybridized carbons (Fsp3) is 0.733. The van der Waals surface area contributed by atoms with Crippen LogP contribution in [-0.2, 0) is 6.54 Å². The van der Waals surface area contributed by atoms with Crippen molar-refractivity contribution in [1.82, 2.24) is 15.2 Å². The maximum Gasteiger partial charge on any atom is 0.317 e. The molecule has 1 saturated heterocycles. The van der Waals surface area contributed by atoms with Gasteiger partial charge in [-0.1, -0.05) is 0 Å². The number of hydrogen-bond acceptors (Lipinski definition) is 4. The molecule has 1 unspecified atom stereocenters. The third kappa shape index (κ3) is 3.74. The molecular weight excluding hydrogens is 286 g/mol. The standard InChI is InChI=1S/C15H23N3O2S/c19-8-6-12-3-1-2-7-18(12)15(20)16-9-14-17-13(10-21-14)11-4-5-11/h10-12,19H,1-9H2,(H,16,20). The number of carbonyl (C=O) groups excluding carboxylic acids is 1. The lowest BCUT2D eigenvalue weighted by molar-refractivity contribution is 0.131. The van der Waals surface area contributed by atoms with Gasteiger partial charge < -0.3 is 15.3 Å². The van der Waals surface area contributed by atoms with Gasteiger partial charge in [0.25, 0.3) is 0 Å². The van der Waals surface area contributed by atoms with Gasteiger partial charge >= 0.3 is 6.03 Å². The third-order valence-corrected chi connectivity index (χ3v) is 5.17. The van der Waals surface area contributed by atoms with Crippen molar-refractivity contribution < 1.29 is 9.90 Å². The Hall–Kier alpha value is -1.14. The number of thiazole rings is 1. The van der Waals surface area contributed by atoms with Crippen LogP contribution >= 0.6 is 11.3 Å². The number of aliphatic hydroxyl groups is 1. The highest BCUT2D eigenvalue weighted by molar-refractivity contribution is 7.09. The first-order chi connectivity index (χ1) is 10.3. The summed E-state index contributed by atoms with van der Waals surface area (Å²) in [4.78, 5) is 18.8. The Morgan fingerprint density at radius 2 is 2.29 bits per heavy atom. The summed E-state index contributed by atoms with van der Waals surface area (Å²) in [6.07, 6.45) is 6.38. The van der Waals surface area contributed by atoms with E-state index in [0.717, 1.165) is 30.8 Å². The summed E-state index contributed by atoms with van der Waals surface area (Å²) in [6.45, 7) is 1.45. The van der Waals surface area contributed by atoms with Crippen molar-refractivity contribution in [3.05, 3.63) is 16.1 Å². The number of likely N-dealkylation sites (tertiary alicyclic amines) is 1. The highest BCUT2D eigenvalue weighted by atomic mass is 32.1. The molecule has 116 valence electrons. The molecule has 1 aromatic rings. The molecule has 1 aliphatic carbocycles. The number of aliphatic hydroxyl groups excluding tert-OH is 1. The van der Waals surface area contributed by atoms with Gasteiger partial charge in [-0.05, 0) is 38.5 Å². The van der Waals surface area contributed by atoms with Gasteiger partial charge in [-0.25, -0.2) is 9.78 Å². The quantitative estimate of drug-likeness (QED) is 0.878. The molecule has 0 aromatic carbocycles. The predicted octanol–water partition coefficient (Wildman–Crippen LogP) is 2.47. The van der Waals surface area contributed by atoms with Crippen LogP contribution in [0.3, 0.4) is 0 Å². The molecule has 0 bridgehead atoms. The molecule has 1 aromatic heterocycles. The monoisotopic (exact) mass is 309 g/mol. The number of piperidine rings is 1. The molecule has 1 aliphatic heterocycles. The first kappa shape index (κ1) is 14.8. The smallest absolute Gasteiger partial charge is 0.317 e. The Morgan fingerprint density at radius 1 is 1.43 bits per heavy atom. The van der Waals surface area contributed by atoms with Gasteiger partial charge in [-0.2, -0.15) is 0 Å². The van der Waals surface area contributed by atoms with E-state index >= 15 is 0 Å². The van der Waals surface area contributed by atoms with E-state index in [0.29, 0.717) is 18.9 Å². The number of urea groups is 1. The molecule has 0 spiro atoms. The van der Waals surface area contributed by atoms with Crippen molar-refractivity contribution in [2.45, 2.75) is 57.0 Å².